The molecule has 0 radical (unpaired) electrons. The summed E-state index contributed by atoms with van der Waals surface area (Å²) in [4.78, 5) is 42.2. The van der Waals surface area contributed by atoms with Gasteiger partial charge in [0.05, 0.1) is 21.3 Å². The molecule has 38 heavy (non-hydrogen) atoms. The van der Waals surface area contributed by atoms with Crippen molar-refractivity contribution in [1.29, 1.82) is 0 Å². The van der Waals surface area contributed by atoms with Crippen LogP contribution in [-0.4, -0.2) is 70.1 Å². The fourth-order valence-corrected chi connectivity index (χ4v) is 4.54. The van der Waals surface area contributed by atoms with Gasteiger partial charge in [-0.25, -0.2) is 0 Å². The van der Waals surface area contributed by atoms with Crippen molar-refractivity contribution in [1.82, 2.24) is 15.8 Å². The molecule has 1 fully saturated rings. The summed E-state index contributed by atoms with van der Waals surface area (Å²) in [7, 11) is 4.36. The van der Waals surface area contributed by atoms with Gasteiger partial charge in [-0.2, -0.15) is 0 Å². The van der Waals surface area contributed by atoms with Crippen molar-refractivity contribution in [2.24, 2.45) is 5.41 Å². The zero-order valence-corrected chi connectivity index (χ0v) is 23.2. The molecule has 0 aromatic heterocycles. The molecule has 206 valence electrons. The van der Waals surface area contributed by atoms with E-state index in [0.29, 0.717) is 48.5 Å². The van der Waals surface area contributed by atoms with Crippen LogP contribution in [-0.2, 0) is 9.59 Å². The Kier molecular flexibility index (Phi) is 9.68. The highest BCUT2D eigenvalue weighted by Crippen LogP contribution is 2.38. The number of halogens is 1. The van der Waals surface area contributed by atoms with Crippen molar-refractivity contribution < 1.29 is 28.6 Å². The molecule has 1 heterocycles. The summed E-state index contributed by atoms with van der Waals surface area (Å²) >= 11 is 6.10. The van der Waals surface area contributed by atoms with E-state index in [1.807, 2.05) is 43.0 Å². The Morgan fingerprint density at radius 1 is 0.895 bits per heavy atom. The van der Waals surface area contributed by atoms with E-state index in [-0.39, 0.29) is 24.3 Å². The highest BCUT2D eigenvalue weighted by Gasteiger charge is 2.30. The Bertz CT molecular complexity index is 1140. The lowest BCUT2D eigenvalue weighted by atomic mass is 9.84. The Morgan fingerprint density at radius 2 is 1.53 bits per heavy atom. The normalized spacial score (nSPS) is 13.5. The third kappa shape index (κ3) is 7.44. The number of nitrogens with zero attached hydrogens (tertiary/aromatic N) is 2. The molecule has 10 nitrogen and oxygen atoms in total. The van der Waals surface area contributed by atoms with Crippen molar-refractivity contribution in [3.63, 3.8) is 0 Å². The van der Waals surface area contributed by atoms with E-state index in [2.05, 4.69) is 15.8 Å². The number of amides is 3. The average molecular weight is 547 g/mol. The number of hydrogen-bond donors (Lipinski definition) is 2. The van der Waals surface area contributed by atoms with E-state index in [1.54, 1.807) is 0 Å². The molecule has 0 spiro atoms. The van der Waals surface area contributed by atoms with Crippen LogP contribution in [0.1, 0.15) is 37.0 Å². The SMILES string of the molecule is COc1cc(C(=O)NNC(=O)CC(C)(C)CC(=O)N2CCN(c3cccc(Cl)c3)CC2)cc(OC)c1OC. The molecular formula is C27H35ClN4O6. The second-order valence-electron chi connectivity index (χ2n) is 9.78. The molecule has 3 rings (SSSR count). The molecule has 0 atom stereocenters. The summed E-state index contributed by atoms with van der Waals surface area (Å²) in [5.74, 6) is 0.0223. The summed E-state index contributed by atoms with van der Waals surface area (Å²) in [6.45, 7) is 6.32. The number of carbonyl (C=O) groups is 3. The van der Waals surface area contributed by atoms with E-state index < -0.39 is 17.2 Å². The van der Waals surface area contributed by atoms with Gasteiger partial charge in [-0.3, -0.25) is 25.2 Å². The average Bonchev–Trinajstić information content (AvgIpc) is 2.90. The number of carbonyl (C=O) groups excluding carboxylic acids is 3. The van der Waals surface area contributed by atoms with Gasteiger partial charge < -0.3 is 24.0 Å². The van der Waals surface area contributed by atoms with Crippen molar-refractivity contribution >= 4 is 35.0 Å². The lowest BCUT2D eigenvalue weighted by Gasteiger charge is -2.37. The fourth-order valence-electron chi connectivity index (χ4n) is 4.36. The van der Waals surface area contributed by atoms with Gasteiger partial charge in [-0.1, -0.05) is 31.5 Å². The number of benzene rings is 2. The molecule has 3 amide bonds. The molecule has 11 heteroatoms. The van der Waals surface area contributed by atoms with Crippen LogP contribution < -0.4 is 30.0 Å². The number of hydrogen-bond acceptors (Lipinski definition) is 7. The molecular weight excluding hydrogens is 512 g/mol. The summed E-state index contributed by atoms with van der Waals surface area (Å²) in [5, 5.41) is 0.681. The Balaban J connectivity index is 1.49. The Labute approximate surface area is 228 Å². The van der Waals surface area contributed by atoms with Crippen LogP contribution in [0.2, 0.25) is 5.02 Å². The van der Waals surface area contributed by atoms with Crippen LogP contribution in [0.25, 0.3) is 0 Å². The first-order valence-electron chi connectivity index (χ1n) is 12.2. The van der Waals surface area contributed by atoms with Crippen molar-refractivity contribution in [3.8, 4) is 17.2 Å². The van der Waals surface area contributed by atoms with Crippen LogP contribution in [0.3, 0.4) is 0 Å². The lowest BCUT2D eigenvalue weighted by molar-refractivity contribution is -0.134. The Hall–Kier alpha value is -3.66. The van der Waals surface area contributed by atoms with Crippen molar-refractivity contribution in [2.75, 3.05) is 52.4 Å². The van der Waals surface area contributed by atoms with E-state index in [9.17, 15) is 14.4 Å². The first kappa shape index (κ1) is 28.9. The second-order valence-corrected chi connectivity index (χ2v) is 10.2. The van der Waals surface area contributed by atoms with Gasteiger partial charge in [0.25, 0.3) is 5.91 Å². The number of ether oxygens (including phenoxy) is 3. The fraction of sp³-hybridized carbons (Fsp3) is 0.444. The van der Waals surface area contributed by atoms with Gasteiger partial charge >= 0.3 is 0 Å². The minimum Gasteiger partial charge on any atom is -0.493 e. The van der Waals surface area contributed by atoms with Crippen LogP contribution in [0.5, 0.6) is 17.2 Å². The third-order valence-corrected chi connectivity index (χ3v) is 6.55. The summed E-state index contributed by atoms with van der Waals surface area (Å²) in [5.41, 5.74) is 5.47. The second kappa shape index (κ2) is 12.7. The van der Waals surface area contributed by atoms with Crippen LogP contribution in [0.15, 0.2) is 36.4 Å². The van der Waals surface area contributed by atoms with Gasteiger partial charge in [0.15, 0.2) is 11.5 Å². The van der Waals surface area contributed by atoms with Crippen LogP contribution in [0.4, 0.5) is 5.69 Å². The molecule has 0 aliphatic carbocycles. The van der Waals surface area contributed by atoms with Gasteiger partial charge in [0.2, 0.25) is 17.6 Å². The molecule has 2 aromatic rings. The minimum absolute atomic E-state index is 0.00463. The highest BCUT2D eigenvalue weighted by atomic mass is 35.5. The maximum Gasteiger partial charge on any atom is 0.269 e. The first-order valence-corrected chi connectivity index (χ1v) is 12.6. The molecule has 0 bridgehead atoms. The van der Waals surface area contributed by atoms with E-state index in [0.717, 1.165) is 5.69 Å². The first-order chi connectivity index (χ1) is 18.1. The van der Waals surface area contributed by atoms with Gasteiger partial charge in [-0.05, 0) is 35.7 Å². The molecule has 2 N–H and O–H groups in total. The summed E-state index contributed by atoms with van der Waals surface area (Å²) in [6.07, 6.45) is 0.259. The van der Waals surface area contributed by atoms with Crippen LogP contribution >= 0.6 is 11.6 Å². The molecule has 1 saturated heterocycles. The minimum atomic E-state index is -0.609. The predicted molar refractivity (Wildman–Crippen MR) is 145 cm³/mol. The van der Waals surface area contributed by atoms with E-state index in [4.69, 9.17) is 25.8 Å². The number of nitrogens with one attached hydrogen (secondary N) is 2. The monoisotopic (exact) mass is 546 g/mol. The molecule has 2 aromatic carbocycles. The van der Waals surface area contributed by atoms with Gasteiger partial charge in [-0.15, -0.1) is 0 Å². The number of hydrazine groups is 1. The standard InChI is InChI=1S/C27H35ClN4O6/c1-27(2,17-24(34)32-11-9-31(10-12-32)20-8-6-7-19(28)15-20)16-23(33)29-30-26(35)18-13-21(36-3)25(38-5)22(14-18)37-4/h6-8,13-15H,9-12,16-17H2,1-5H3,(H,29,33)(H,30,35). The smallest absolute Gasteiger partial charge is 0.269 e. The molecule has 1 aliphatic rings. The number of rotatable bonds is 9. The van der Waals surface area contributed by atoms with E-state index in [1.165, 1.54) is 33.5 Å². The zero-order chi connectivity index (χ0) is 27.9. The maximum absolute atomic E-state index is 13.0. The summed E-state index contributed by atoms with van der Waals surface area (Å²) < 4.78 is 15.8. The third-order valence-electron chi connectivity index (χ3n) is 6.32. The van der Waals surface area contributed by atoms with Crippen LogP contribution in [0, 0.1) is 5.41 Å². The highest BCUT2D eigenvalue weighted by molar-refractivity contribution is 6.30. The quantitative estimate of drug-likeness (QED) is 0.464. The summed E-state index contributed by atoms with van der Waals surface area (Å²) in [6, 6.07) is 10.6. The van der Waals surface area contributed by atoms with Gasteiger partial charge in [0, 0.05) is 55.3 Å². The lowest BCUT2D eigenvalue weighted by Crippen LogP contribution is -2.50. The van der Waals surface area contributed by atoms with Crippen molar-refractivity contribution in [3.05, 3.63) is 47.0 Å². The zero-order valence-electron chi connectivity index (χ0n) is 22.4. The topological polar surface area (TPSA) is 109 Å². The molecule has 0 unspecified atom stereocenters. The predicted octanol–water partition coefficient (Wildman–Crippen LogP) is 3.28. The largest absolute Gasteiger partial charge is 0.493 e. The number of methoxy groups -OCH3 is 3. The molecule has 0 saturated carbocycles. The number of anilines is 1. The molecule has 1 aliphatic heterocycles. The van der Waals surface area contributed by atoms with E-state index >= 15 is 0 Å². The number of piperazine rings is 1. The Morgan fingerprint density at radius 3 is 2.08 bits per heavy atom. The maximum atomic E-state index is 13.0. The van der Waals surface area contributed by atoms with Crippen molar-refractivity contribution in [2.45, 2.75) is 26.7 Å². The van der Waals surface area contributed by atoms with Gasteiger partial charge in [0.1, 0.15) is 0 Å².